The lowest BCUT2D eigenvalue weighted by Crippen LogP contribution is -2.54. The molecule has 2 fully saturated rings. The first-order valence-corrected chi connectivity index (χ1v) is 7.30. The summed E-state index contributed by atoms with van der Waals surface area (Å²) in [5.74, 6) is 0.665. The lowest BCUT2D eigenvalue weighted by molar-refractivity contribution is -0.124. The van der Waals surface area contributed by atoms with Gasteiger partial charge in [-0.3, -0.25) is 4.79 Å². The van der Waals surface area contributed by atoms with Crippen LogP contribution in [0.15, 0.2) is 0 Å². The molecule has 4 heteroatoms. The van der Waals surface area contributed by atoms with E-state index >= 15 is 0 Å². The zero-order chi connectivity index (χ0) is 13.2. The van der Waals surface area contributed by atoms with Crippen molar-refractivity contribution in [3.63, 3.8) is 0 Å². The van der Waals surface area contributed by atoms with E-state index in [1.165, 1.54) is 38.6 Å². The molecule has 4 nitrogen and oxygen atoms in total. The van der Waals surface area contributed by atoms with Crippen LogP contribution >= 0.6 is 0 Å². The van der Waals surface area contributed by atoms with Crippen molar-refractivity contribution in [2.75, 3.05) is 20.1 Å². The highest BCUT2D eigenvalue weighted by molar-refractivity contribution is 5.84. The molecule has 1 aliphatic heterocycles. The van der Waals surface area contributed by atoms with Crippen LogP contribution < -0.4 is 11.1 Å². The van der Waals surface area contributed by atoms with Crippen LogP contribution in [0.5, 0.6) is 0 Å². The van der Waals surface area contributed by atoms with Gasteiger partial charge in [0.2, 0.25) is 5.91 Å². The first-order valence-electron chi connectivity index (χ1n) is 7.30. The number of rotatable bonds is 5. The van der Waals surface area contributed by atoms with E-state index in [1.807, 2.05) is 14.0 Å². The fourth-order valence-corrected chi connectivity index (χ4v) is 3.57. The normalized spacial score (nSPS) is 31.9. The maximum Gasteiger partial charge on any atom is 0.237 e. The lowest BCUT2D eigenvalue weighted by atomic mass is 9.90. The van der Waals surface area contributed by atoms with Crippen molar-refractivity contribution in [2.45, 2.75) is 57.0 Å². The second-order valence-corrected chi connectivity index (χ2v) is 6.13. The second-order valence-electron chi connectivity index (χ2n) is 6.13. The van der Waals surface area contributed by atoms with E-state index in [2.05, 4.69) is 10.2 Å². The SMILES string of the molecule is CNC(C)(CCN1CCCC2CCCC21)C(N)=O. The molecule has 0 spiro atoms. The maximum absolute atomic E-state index is 11.5. The Bertz CT molecular complexity index is 307. The Morgan fingerprint density at radius 1 is 1.39 bits per heavy atom. The lowest BCUT2D eigenvalue weighted by Gasteiger charge is -2.39. The van der Waals surface area contributed by atoms with Crippen molar-refractivity contribution in [1.82, 2.24) is 10.2 Å². The van der Waals surface area contributed by atoms with Crippen molar-refractivity contribution >= 4 is 5.91 Å². The molecule has 1 aliphatic carbocycles. The van der Waals surface area contributed by atoms with Gasteiger partial charge in [0.25, 0.3) is 0 Å². The van der Waals surface area contributed by atoms with E-state index in [4.69, 9.17) is 5.73 Å². The molecule has 0 bridgehead atoms. The number of fused-ring (bicyclic) bond motifs is 1. The predicted molar refractivity (Wildman–Crippen MR) is 73.2 cm³/mol. The fraction of sp³-hybridized carbons (Fsp3) is 0.929. The molecule has 0 aromatic heterocycles. The molecule has 2 rings (SSSR count). The highest BCUT2D eigenvalue weighted by Gasteiger charge is 2.36. The van der Waals surface area contributed by atoms with Gasteiger partial charge < -0.3 is 16.0 Å². The number of hydrogen-bond donors (Lipinski definition) is 2. The van der Waals surface area contributed by atoms with Gasteiger partial charge in [0.05, 0.1) is 5.54 Å². The summed E-state index contributed by atoms with van der Waals surface area (Å²) in [4.78, 5) is 14.1. The summed E-state index contributed by atoms with van der Waals surface area (Å²) < 4.78 is 0. The topological polar surface area (TPSA) is 58.4 Å². The molecule has 1 heterocycles. The molecule has 3 N–H and O–H groups in total. The quantitative estimate of drug-likeness (QED) is 0.771. The Morgan fingerprint density at radius 2 is 2.11 bits per heavy atom. The van der Waals surface area contributed by atoms with Crippen LogP contribution in [-0.4, -0.2) is 42.5 Å². The molecule has 1 saturated heterocycles. The number of piperidine rings is 1. The Kier molecular flexibility index (Phi) is 4.28. The second kappa shape index (κ2) is 5.57. The zero-order valence-corrected chi connectivity index (χ0v) is 11.7. The zero-order valence-electron chi connectivity index (χ0n) is 11.7. The third kappa shape index (κ3) is 2.69. The number of amides is 1. The van der Waals surface area contributed by atoms with Crippen molar-refractivity contribution in [3.05, 3.63) is 0 Å². The van der Waals surface area contributed by atoms with Gasteiger partial charge in [-0.1, -0.05) is 6.42 Å². The minimum Gasteiger partial charge on any atom is -0.368 e. The molecule has 3 atom stereocenters. The van der Waals surface area contributed by atoms with Crippen LogP contribution in [0, 0.1) is 5.92 Å². The molecular formula is C14H27N3O. The summed E-state index contributed by atoms with van der Waals surface area (Å²) in [5.41, 5.74) is 4.92. The number of likely N-dealkylation sites (N-methyl/N-ethyl adjacent to an activating group) is 1. The van der Waals surface area contributed by atoms with Crippen LogP contribution in [-0.2, 0) is 4.79 Å². The van der Waals surface area contributed by atoms with Crippen molar-refractivity contribution in [3.8, 4) is 0 Å². The Balaban J connectivity index is 1.91. The molecule has 18 heavy (non-hydrogen) atoms. The number of likely N-dealkylation sites (tertiary alicyclic amines) is 1. The number of nitrogens with one attached hydrogen (secondary N) is 1. The summed E-state index contributed by atoms with van der Waals surface area (Å²) in [6, 6.07) is 0.771. The van der Waals surface area contributed by atoms with Gasteiger partial charge in [-0.15, -0.1) is 0 Å². The Labute approximate surface area is 110 Å². The molecule has 0 aromatic rings. The van der Waals surface area contributed by atoms with Gasteiger partial charge in [-0.05, 0) is 58.5 Å². The molecular weight excluding hydrogens is 226 g/mol. The summed E-state index contributed by atoms with van der Waals surface area (Å²) in [6.45, 7) is 4.09. The molecule has 0 aromatic carbocycles. The molecule has 1 saturated carbocycles. The summed E-state index contributed by atoms with van der Waals surface area (Å²) in [6.07, 6.45) is 7.65. The first-order chi connectivity index (χ1) is 8.57. The Hall–Kier alpha value is -0.610. The largest absolute Gasteiger partial charge is 0.368 e. The van der Waals surface area contributed by atoms with Gasteiger partial charge in [0, 0.05) is 12.6 Å². The van der Waals surface area contributed by atoms with Gasteiger partial charge in [-0.2, -0.15) is 0 Å². The summed E-state index contributed by atoms with van der Waals surface area (Å²) >= 11 is 0. The van der Waals surface area contributed by atoms with Crippen LogP contribution in [0.4, 0.5) is 0 Å². The molecule has 2 aliphatic rings. The first kappa shape index (κ1) is 13.8. The third-order valence-corrected chi connectivity index (χ3v) is 5.10. The third-order valence-electron chi connectivity index (χ3n) is 5.10. The highest BCUT2D eigenvalue weighted by Crippen LogP contribution is 2.36. The monoisotopic (exact) mass is 253 g/mol. The predicted octanol–water partition coefficient (Wildman–Crippen LogP) is 1.10. The molecule has 0 radical (unpaired) electrons. The fourth-order valence-electron chi connectivity index (χ4n) is 3.57. The van der Waals surface area contributed by atoms with E-state index in [9.17, 15) is 4.79 Å². The van der Waals surface area contributed by atoms with Crippen LogP contribution in [0.3, 0.4) is 0 Å². The number of primary amides is 1. The van der Waals surface area contributed by atoms with Crippen LogP contribution in [0.1, 0.15) is 45.4 Å². The van der Waals surface area contributed by atoms with Crippen LogP contribution in [0.25, 0.3) is 0 Å². The van der Waals surface area contributed by atoms with Crippen LogP contribution in [0.2, 0.25) is 0 Å². The minimum absolute atomic E-state index is 0.245. The van der Waals surface area contributed by atoms with E-state index in [0.29, 0.717) is 0 Å². The summed E-state index contributed by atoms with van der Waals surface area (Å²) in [5, 5.41) is 3.08. The van der Waals surface area contributed by atoms with E-state index in [0.717, 1.165) is 24.9 Å². The van der Waals surface area contributed by atoms with E-state index < -0.39 is 5.54 Å². The van der Waals surface area contributed by atoms with Gasteiger partial charge >= 0.3 is 0 Å². The highest BCUT2D eigenvalue weighted by atomic mass is 16.1. The van der Waals surface area contributed by atoms with Gasteiger partial charge in [0.15, 0.2) is 0 Å². The van der Waals surface area contributed by atoms with E-state index in [1.54, 1.807) is 0 Å². The van der Waals surface area contributed by atoms with Gasteiger partial charge in [0.1, 0.15) is 0 Å². The minimum atomic E-state index is -0.564. The Morgan fingerprint density at radius 3 is 2.78 bits per heavy atom. The summed E-state index contributed by atoms with van der Waals surface area (Å²) in [7, 11) is 1.82. The molecule has 104 valence electrons. The molecule has 1 amide bonds. The van der Waals surface area contributed by atoms with Gasteiger partial charge in [-0.25, -0.2) is 0 Å². The smallest absolute Gasteiger partial charge is 0.237 e. The number of hydrogen-bond acceptors (Lipinski definition) is 3. The standard InChI is InChI=1S/C14H27N3O/c1-14(16-2,13(15)18)8-10-17-9-4-6-11-5-3-7-12(11)17/h11-12,16H,3-10H2,1-2H3,(H2,15,18). The van der Waals surface area contributed by atoms with Crippen molar-refractivity contribution in [1.29, 1.82) is 0 Å². The molecule has 3 unspecified atom stereocenters. The number of carbonyl (C=O) groups excluding carboxylic acids is 1. The average molecular weight is 253 g/mol. The van der Waals surface area contributed by atoms with Crippen molar-refractivity contribution in [2.24, 2.45) is 11.7 Å². The average Bonchev–Trinajstić information content (AvgIpc) is 2.84. The maximum atomic E-state index is 11.5. The number of carbonyl (C=O) groups is 1. The van der Waals surface area contributed by atoms with Crippen molar-refractivity contribution < 1.29 is 4.79 Å². The number of nitrogens with two attached hydrogens (primary N) is 1. The van der Waals surface area contributed by atoms with E-state index in [-0.39, 0.29) is 5.91 Å². The number of nitrogens with zero attached hydrogens (tertiary/aromatic N) is 1.